The number of aromatic nitrogens is 2. The van der Waals surface area contributed by atoms with E-state index < -0.39 is 0 Å². The molecule has 0 saturated heterocycles. The molecule has 0 bridgehead atoms. The monoisotopic (exact) mass is 317 g/mol. The van der Waals surface area contributed by atoms with Crippen LogP contribution in [-0.4, -0.2) is 35.7 Å². The van der Waals surface area contributed by atoms with Crippen LogP contribution in [0.25, 0.3) is 20.3 Å². The number of fused-ring (bicyclic) bond motifs is 3. The fraction of sp³-hybridized carbons (Fsp3) is 0.267. The van der Waals surface area contributed by atoms with E-state index in [0.29, 0.717) is 23.4 Å². The number of nitrogens with zero attached hydrogens (tertiary/aromatic N) is 2. The standard InChI is InChI=1S/C15H15N3O3S/c1-21-7-6-16-12(19)8-18-9-17-13-10-4-2-3-5-11(10)22-14(13)15(18)20/h2-5,9H,6-8H2,1H3,(H,16,19). The number of nitrogens with one attached hydrogen (secondary N) is 1. The van der Waals surface area contributed by atoms with Crippen molar-refractivity contribution in [3.63, 3.8) is 0 Å². The Labute approximate surface area is 130 Å². The summed E-state index contributed by atoms with van der Waals surface area (Å²) in [7, 11) is 1.57. The molecule has 3 aromatic rings. The lowest BCUT2D eigenvalue weighted by Crippen LogP contribution is -2.33. The minimum atomic E-state index is -0.235. The van der Waals surface area contributed by atoms with Crippen molar-refractivity contribution in [3.05, 3.63) is 40.9 Å². The number of methoxy groups -OCH3 is 1. The van der Waals surface area contributed by atoms with Gasteiger partial charge in [-0.2, -0.15) is 0 Å². The van der Waals surface area contributed by atoms with E-state index in [1.165, 1.54) is 22.2 Å². The second-order valence-corrected chi connectivity index (χ2v) is 5.85. The molecular weight excluding hydrogens is 302 g/mol. The number of carbonyl (C=O) groups excluding carboxylic acids is 1. The number of hydrogen-bond acceptors (Lipinski definition) is 5. The fourth-order valence-corrected chi connectivity index (χ4v) is 3.34. The summed E-state index contributed by atoms with van der Waals surface area (Å²) in [5.41, 5.74) is 0.509. The smallest absolute Gasteiger partial charge is 0.271 e. The first kappa shape index (κ1) is 14.7. The highest BCUT2D eigenvalue weighted by Gasteiger charge is 2.12. The summed E-state index contributed by atoms with van der Waals surface area (Å²) in [6.07, 6.45) is 1.43. The maximum Gasteiger partial charge on any atom is 0.271 e. The van der Waals surface area contributed by atoms with Gasteiger partial charge in [0.1, 0.15) is 11.2 Å². The predicted octanol–water partition coefficient (Wildman–Crippen LogP) is 1.37. The molecule has 3 rings (SSSR count). The minimum absolute atomic E-state index is 0.0419. The van der Waals surface area contributed by atoms with Crippen molar-refractivity contribution in [2.24, 2.45) is 0 Å². The van der Waals surface area contributed by atoms with Gasteiger partial charge < -0.3 is 10.1 Å². The Morgan fingerprint density at radius 2 is 2.23 bits per heavy atom. The van der Waals surface area contributed by atoms with Crippen LogP contribution in [0.2, 0.25) is 0 Å². The molecule has 0 saturated carbocycles. The van der Waals surface area contributed by atoms with Crippen molar-refractivity contribution >= 4 is 37.5 Å². The lowest BCUT2D eigenvalue weighted by atomic mass is 10.2. The summed E-state index contributed by atoms with van der Waals surface area (Å²) in [4.78, 5) is 28.6. The van der Waals surface area contributed by atoms with Crippen molar-refractivity contribution in [1.82, 2.24) is 14.9 Å². The minimum Gasteiger partial charge on any atom is -0.383 e. The molecule has 0 atom stereocenters. The molecule has 0 radical (unpaired) electrons. The van der Waals surface area contributed by atoms with Crippen molar-refractivity contribution in [2.75, 3.05) is 20.3 Å². The normalized spacial score (nSPS) is 11.1. The molecule has 0 unspecified atom stereocenters. The Balaban J connectivity index is 1.92. The molecule has 2 heterocycles. The van der Waals surface area contributed by atoms with E-state index in [2.05, 4.69) is 10.3 Å². The Morgan fingerprint density at radius 1 is 1.41 bits per heavy atom. The van der Waals surface area contributed by atoms with Gasteiger partial charge in [0.15, 0.2) is 0 Å². The highest BCUT2D eigenvalue weighted by Crippen LogP contribution is 2.29. The predicted molar refractivity (Wildman–Crippen MR) is 86.3 cm³/mol. The lowest BCUT2D eigenvalue weighted by molar-refractivity contribution is -0.121. The van der Waals surface area contributed by atoms with Crippen molar-refractivity contribution < 1.29 is 9.53 Å². The lowest BCUT2D eigenvalue weighted by Gasteiger charge is -2.06. The fourth-order valence-electron chi connectivity index (χ4n) is 2.23. The zero-order valence-electron chi connectivity index (χ0n) is 12.0. The van der Waals surface area contributed by atoms with Gasteiger partial charge in [-0.15, -0.1) is 11.3 Å². The van der Waals surface area contributed by atoms with Gasteiger partial charge >= 0.3 is 0 Å². The molecule has 0 aliphatic rings. The number of thiophene rings is 1. The molecule has 1 aromatic carbocycles. The third-order valence-electron chi connectivity index (χ3n) is 3.29. The molecule has 0 fully saturated rings. The first-order chi connectivity index (χ1) is 10.7. The summed E-state index contributed by atoms with van der Waals surface area (Å²) in [5.74, 6) is -0.235. The Morgan fingerprint density at radius 3 is 3.05 bits per heavy atom. The Bertz CT molecular complexity index is 884. The number of amides is 1. The van der Waals surface area contributed by atoms with Crippen LogP contribution in [0, 0.1) is 0 Å². The van der Waals surface area contributed by atoms with Gasteiger partial charge in [0, 0.05) is 23.7 Å². The van der Waals surface area contributed by atoms with Gasteiger partial charge in [-0.25, -0.2) is 4.98 Å². The summed E-state index contributed by atoms with van der Waals surface area (Å²) in [6, 6.07) is 7.76. The number of carbonyl (C=O) groups is 1. The van der Waals surface area contributed by atoms with E-state index in [4.69, 9.17) is 4.74 Å². The van der Waals surface area contributed by atoms with E-state index >= 15 is 0 Å². The number of hydrogen-bond donors (Lipinski definition) is 1. The molecule has 1 amide bonds. The average molecular weight is 317 g/mol. The van der Waals surface area contributed by atoms with Crippen LogP contribution in [0.1, 0.15) is 0 Å². The molecule has 114 valence electrons. The summed E-state index contributed by atoms with van der Waals surface area (Å²) >= 11 is 1.40. The Kier molecular flexibility index (Phi) is 4.17. The molecule has 6 nitrogen and oxygen atoms in total. The van der Waals surface area contributed by atoms with Crippen LogP contribution in [0.5, 0.6) is 0 Å². The number of rotatable bonds is 5. The van der Waals surface area contributed by atoms with Crippen molar-refractivity contribution in [3.8, 4) is 0 Å². The van der Waals surface area contributed by atoms with Gasteiger partial charge in [-0.1, -0.05) is 18.2 Å². The first-order valence-electron chi connectivity index (χ1n) is 6.83. The molecular formula is C15H15N3O3S. The summed E-state index contributed by atoms with van der Waals surface area (Å²) < 4.78 is 7.79. The van der Waals surface area contributed by atoms with Gasteiger partial charge in [0.2, 0.25) is 5.91 Å². The van der Waals surface area contributed by atoms with Gasteiger partial charge in [-0.3, -0.25) is 14.2 Å². The van der Waals surface area contributed by atoms with Crippen molar-refractivity contribution in [1.29, 1.82) is 0 Å². The maximum atomic E-state index is 12.5. The molecule has 7 heteroatoms. The number of ether oxygens (including phenoxy) is 1. The van der Waals surface area contributed by atoms with E-state index in [9.17, 15) is 9.59 Å². The van der Waals surface area contributed by atoms with E-state index in [-0.39, 0.29) is 18.0 Å². The van der Waals surface area contributed by atoms with Crippen LogP contribution < -0.4 is 10.9 Å². The third kappa shape index (κ3) is 2.72. The third-order valence-corrected chi connectivity index (χ3v) is 4.44. The number of benzene rings is 1. The van der Waals surface area contributed by atoms with Crippen LogP contribution >= 0.6 is 11.3 Å². The average Bonchev–Trinajstić information content (AvgIpc) is 2.90. The van der Waals surface area contributed by atoms with E-state index in [1.807, 2.05) is 24.3 Å². The molecule has 0 spiro atoms. The SMILES string of the molecule is COCCNC(=O)Cn1cnc2c(sc3ccccc32)c1=O. The topological polar surface area (TPSA) is 73.2 Å². The highest BCUT2D eigenvalue weighted by atomic mass is 32.1. The van der Waals surface area contributed by atoms with Crippen LogP contribution in [-0.2, 0) is 16.1 Å². The largest absolute Gasteiger partial charge is 0.383 e. The maximum absolute atomic E-state index is 12.5. The molecule has 0 aliphatic heterocycles. The first-order valence-corrected chi connectivity index (χ1v) is 7.64. The molecule has 1 N–H and O–H groups in total. The van der Waals surface area contributed by atoms with Gasteiger partial charge in [0.05, 0.1) is 18.5 Å². The zero-order chi connectivity index (χ0) is 15.5. The van der Waals surface area contributed by atoms with Gasteiger partial charge in [0.25, 0.3) is 5.56 Å². The second kappa shape index (κ2) is 6.25. The highest BCUT2D eigenvalue weighted by molar-refractivity contribution is 7.25. The summed E-state index contributed by atoms with van der Waals surface area (Å²) in [6.45, 7) is 0.816. The van der Waals surface area contributed by atoms with E-state index in [1.54, 1.807) is 7.11 Å². The summed E-state index contributed by atoms with van der Waals surface area (Å²) in [5, 5.41) is 3.65. The zero-order valence-corrected chi connectivity index (χ0v) is 12.9. The van der Waals surface area contributed by atoms with Gasteiger partial charge in [-0.05, 0) is 6.07 Å². The van der Waals surface area contributed by atoms with Crippen molar-refractivity contribution in [2.45, 2.75) is 6.54 Å². The molecule has 0 aliphatic carbocycles. The van der Waals surface area contributed by atoms with Crippen LogP contribution in [0.3, 0.4) is 0 Å². The molecule has 2 aromatic heterocycles. The molecule has 22 heavy (non-hydrogen) atoms. The van der Waals surface area contributed by atoms with E-state index in [0.717, 1.165) is 10.1 Å². The second-order valence-electron chi connectivity index (χ2n) is 4.80. The Hall–Kier alpha value is -2.25. The quantitative estimate of drug-likeness (QED) is 0.722. The van der Waals surface area contributed by atoms with Crippen LogP contribution in [0.15, 0.2) is 35.4 Å². The van der Waals surface area contributed by atoms with Crippen LogP contribution in [0.4, 0.5) is 0 Å².